The predicted molar refractivity (Wildman–Crippen MR) is 41.8 cm³/mol. The van der Waals surface area contributed by atoms with Crippen LogP contribution >= 0.6 is 10.7 Å². The third-order valence-electron chi connectivity index (χ3n) is 1.51. The van der Waals surface area contributed by atoms with E-state index in [-0.39, 0.29) is 6.10 Å². The molecule has 1 heterocycles. The van der Waals surface area contributed by atoms with Crippen LogP contribution in [0.4, 0.5) is 0 Å². The number of hydrogen-bond donors (Lipinski definition) is 0. The lowest BCUT2D eigenvalue weighted by Crippen LogP contribution is -2.42. The van der Waals surface area contributed by atoms with Gasteiger partial charge in [-0.25, -0.2) is 0 Å². The second-order valence-electron chi connectivity index (χ2n) is 2.48. The maximum absolute atomic E-state index is 10.8. The van der Waals surface area contributed by atoms with Crippen molar-refractivity contribution in [2.45, 2.75) is 13.0 Å². The van der Waals surface area contributed by atoms with E-state index in [2.05, 4.69) is 0 Å². The molecule has 1 fully saturated rings. The molecular formula is C5H10ClNO3S. The molecule has 0 N–H and O–H groups in total. The first-order valence-electron chi connectivity index (χ1n) is 3.31. The number of rotatable bonds is 1. The Morgan fingerprint density at radius 3 is 2.64 bits per heavy atom. The monoisotopic (exact) mass is 199 g/mol. The van der Waals surface area contributed by atoms with E-state index >= 15 is 0 Å². The van der Waals surface area contributed by atoms with Gasteiger partial charge in [0, 0.05) is 23.8 Å². The van der Waals surface area contributed by atoms with E-state index in [0.717, 1.165) is 0 Å². The van der Waals surface area contributed by atoms with Crippen molar-refractivity contribution in [3.8, 4) is 0 Å². The van der Waals surface area contributed by atoms with Crippen LogP contribution in [-0.4, -0.2) is 38.5 Å². The van der Waals surface area contributed by atoms with Gasteiger partial charge in [-0.1, -0.05) is 0 Å². The quantitative estimate of drug-likeness (QED) is 0.567. The second kappa shape index (κ2) is 3.26. The number of morpholine rings is 1. The molecule has 1 rings (SSSR count). The summed E-state index contributed by atoms with van der Waals surface area (Å²) >= 11 is 0. The third kappa shape index (κ3) is 2.59. The average Bonchev–Trinajstić information content (AvgIpc) is 1.86. The SMILES string of the molecule is C[C@@H]1CN(S(=O)(=O)Cl)CCO1. The standard InChI is InChI=1S/C5H10ClNO3S/c1-5-4-7(2-3-10-5)11(6,8)9/h5H,2-4H2,1H3/t5-/m1/s1. The lowest BCUT2D eigenvalue weighted by molar-refractivity contribution is 0.0109. The highest BCUT2D eigenvalue weighted by Crippen LogP contribution is 2.12. The van der Waals surface area contributed by atoms with Crippen LogP contribution in [0.25, 0.3) is 0 Å². The van der Waals surface area contributed by atoms with Gasteiger partial charge in [0.2, 0.25) is 0 Å². The minimum atomic E-state index is -3.53. The maximum atomic E-state index is 10.8. The van der Waals surface area contributed by atoms with Gasteiger partial charge in [-0.2, -0.15) is 12.7 Å². The molecule has 1 aliphatic heterocycles. The molecule has 1 atom stereocenters. The van der Waals surface area contributed by atoms with Crippen molar-refractivity contribution in [1.29, 1.82) is 0 Å². The molecule has 1 aliphatic rings. The van der Waals surface area contributed by atoms with E-state index in [9.17, 15) is 8.42 Å². The fraction of sp³-hybridized carbons (Fsp3) is 1.00. The molecule has 0 unspecified atom stereocenters. The molecule has 0 bridgehead atoms. The van der Waals surface area contributed by atoms with Crippen molar-refractivity contribution in [3.63, 3.8) is 0 Å². The topological polar surface area (TPSA) is 46.6 Å². The zero-order valence-corrected chi connectivity index (χ0v) is 7.73. The van der Waals surface area contributed by atoms with Gasteiger partial charge in [0.1, 0.15) is 0 Å². The highest BCUT2D eigenvalue weighted by Gasteiger charge is 2.25. The minimum Gasteiger partial charge on any atom is -0.376 e. The summed E-state index contributed by atoms with van der Waals surface area (Å²) in [4.78, 5) is 0. The summed E-state index contributed by atoms with van der Waals surface area (Å²) in [5, 5.41) is 0. The third-order valence-corrected chi connectivity index (χ3v) is 3.05. The maximum Gasteiger partial charge on any atom is 0.299 e. The first-order valence-corrected chi connectivity index (χ1v) is 5.58. The van der Waals surface area contributed by atoms with Crippen LogP contribution in [-0.2, 0) is 14.0 Å². The van der Waals surface area contributed by atoms with Crippen molar-refractivity contribution < 1.29 is 13.2 Å². The summed E-state index contributed by atoms with van der Waals surface area (Å²) in [6.45, 7) is 2.95. The lowest BCUT2D eigenvalue weighted by atomic mass is 10.3. The summed E-state index contributed by atoms with van der Waals surface area (Å²) in [5.41, 5.74) is 0. The minimum absolute atomic E-state index is 0.0581. The Kier molecular flexibility index (Phi) is 2.74. The Morgan fingerprint density at radius 1 is 1.64 bits per heavy atom. The summed E-state index contributed by atoms with van der Waals surface area (Å²) in [7, 11) is 1.59. The van der Waals surface area contributed by atoms with E-state index in [4.69, 9.17) is 15.4 Å². The molecule has 1 saturated heterocycles. The Balaban J connectivity index is 2.60. The van der Waals surface area contributed by atoms with Crippen LogP contribution in [0.1, 0.15) is 6.92 Å². The van der Waals surface area contributed by atoms with Gasteiger partial charge in [0.15, 0.2) is 0 Å². The molecule has 0 amide bonds. The highest BCUT2D eigenvalue weighted by molar-refractivity contribution is 8.11. The number of hydrogen-bond acceptors (Lipinski definition) is 3. The van der Waals surface area contributed by atoms with Gasteiger partial charge in [0.25, 0.3) is 9.24 Å². The van der Waals surface area contributed by atoms with Crippen LogP contribution in [0.5, 0.6) is 0 Å². The van der Waals surface area contributed by atoms with Crippen molar-refractivity contribution >= 4 is 19.9 Å². The Bertz CT molecular complexity index is 228. The molecule has 0 aromatic carbocycles. The van der Waals surface area contributed by atoms with Crippen molar-refractivity contribution in [2.24, 2.45) is 0 Å². The Labute approximate surface area is 70.6 Å². The molecule has 0 saturated carbocycles. The molecule has 0 spiro atoms. The zero-order chi connectivity index (χ0) is 8.48. The van der Waals surface area contributed by atoms with E-state index < -0.39 is 9.24 Å². The van der Waals surface area contributed by atoms with Gasteiger partial charge < -0.3 is 4.74 Å². The highest BCUT2D eigenvalue weighted by atomic mass is 35.7. The zero-order valence-electron chi connectivity index (χ0n) is 6.16. The van der Waals surface area contributed by atoms with Gasteiger partial charge in [-0.15, -0.1) is 0 Å². The molecular weight excluding hydrogens is 190 g/mol. The van der Waals surface area contributed by atoms with Crippen LogP contribution in [0, 0.1) is 0 Å². The van der Waals surface area contributed by atoms with E-state index in [1.54, 1.807) is 0 Å². The molecule has 4 nitrogen and oxygen atoms in total. The van der Waals surface area contributed by atoms with Crippen LogP contribution in [0.2, 0.25) is 0 Å². The van der Waals surface area contributed by atoms with Gasteiger partial charge in [0.05, 0.1) is 12.7 Å². The van der Waals surface area contributed by atoms with Gasteiger partial charge in [-0.05, 0) is 6.92 Å². The smallest absolute Gasteiger partial charge is 0.299 e. The van der Waals surface area contributed by atoms with E-state index in [0.29, 0.717) is 19.7 Å². The molecule has 66 valence electrons. The molecule has 0 aromatic rings. The first-order chi connectivity index (χ1) is 5.00. The number of halogens is 1. The number of ether oxygens (including phenoxy) is 1. The van der Waals surface area contributed by atoms with Crippen LogP contribution in [0.3, 0.4) is 0 Å². The molecule has 0 aliphatic carbocycles. The van der Waals surface area contributed by atoms with E-state index in [1.807, 2.05) is 6.92 Å². The second-order valence-corrected chi connectivity index (χ2v) is 4.99. The van der Waals surface area contributed by atoms with Crippen molar-refractivity contribution in [1.82, 2.24) is 4.31 Å². The Morgan fingerprint density at radius 2 is 2.27 bits per heavy atom. The van der Waals surface area contributed by atoms with Crippen LogP contribution < -0.4 is 0 Å². The molecule has 11 heavy (non-hydrogen) atoms. The Hall–Kier alpha value is 0.160. The summed E-state index contributed by atoms with van der Waals surface area (Å²) in [5.74, 6) is 0. The van der Waals surface area contributed by atoms with Crippen molar-refractivity contribution in [3.05, 3.63) is 0 Å². The molecule has 0 radical (unpaired) electrons. The molecule has 0 aromatic heterocycles. The van der Waals surface area contributed by atoms with E-state index in [1.165, 1.54) is 4.31 Å². The largest absolute Gasteiger partial charge is 0.376 e. The average molecular weight is 200 g/mol. The predicted octanol–water partition coefficient (Wildman–Crippen LogP) is 0.191. The fourth-order valence-corrected chi connectivity index (χ4v) is 2.04. The number of nitrogens with zero attached hydrogens (tertiary/aromatic N) is 1. The lowest BCUT2D eigenvalue weighted by Gasteiger charge is -2.27. The fourth-order valence-electron chi connectivity index (χ4n) is 0.985. The van der Waals surface area contributed by atoms with Gasteiger partial charge in [-0.3, -0.25) is 0 Å². The summed E-state index contributed by atoms with van der Waals surface area (Å²) in [6.07, 6.45) is -0.0581. The van der Waals surface area contributed by atoms with Crippen molar-refractivity contribution in [2.75, 3.05) is 19.7 Å². The first kappa shape index (κ1) is 9.25. The van der Waals surface area contributed by atoms with Gasteiger partial charge >= 0.3 is 0 Å². The van der Waals surface area contributed by atoms with Crippen LogP contribution in [0.15, 0.2) is 0 Å². The summed E-state index contributed by atoms with van der Waals surface area (Å²) in [6, 6.07) is 0. The molecule has 6 heteroatoms. The normalized spacial score (nSPS) is 28.7. The summed E-state index contributed by atoms with van der Waals surface area (Å²) < 4.78 is 27.9.